The molecular formula is C32H41N5O3. The molecule has 2 N–H and O–H groups in total. The number of H-pyrrole nitrogens is 2. The molecule has 0 radical (unpaired) electrons. The molecule has 6 rings (SSSR count). The van der Waals surface area contributed by atoms with Gasteiger partial charge in [0.2, 0.25) is 0 Å². The molecular weight excluding hydrogens is 502 g/mol. The zero-order valence-electron chi connectivity index (χ0n) is 24.3. The van der Waals surface area contributed by atoms with Gasteiger partial charge in [-0.1, -0.05) is 26.0 Å². The molecule has 1 unspecified atom stereocenters. The number of likely N-dealkylation sites (N-methyl/N-ethyl adjacent to an activating group) is 1. The summed E-state index contributed by atoms with van der Waals surface area (Å²) in [5.74, 6) is 2.01. The number of aryl methyl sites for hydroxylation is 1. The zero-order valence-corrected chi connectivity index (χ0v) is 24.3. The highest BCUT2D eigenvalue weighted by atomic mass is 16.5. The summed E-state index contributed by atoms with van der Waals surface area (Å²) in [6.45, 7) is 13.9. The molecule has 2 aromatic heterocycles. The summed E-state index contributed by atoms with van der Waals surface area (Å²) in [5.41, 5.74) is 7.25. The van der Waals surface area contributed by atoms with Crippen LogP contribution in [0, 0.1) is 12.8 Å². The van der Waals surface area contributed by atoms with E-state index in [0.29, 0.717) is 18.1 Å². The van der Waals surface area contributed by atoms with Crippen LogP contribution in [0.25, 0.3) is 33.7 Å². The summed E-state index contributed by atoms with van der Waals surface area (Å²) in [6.07, 6.45) is 1.04. The highest BCUT2D eigenvalue weighted by Crippen LogP contribution is 2.37. The molecule has 0 amide bonds. The number of carbonyl (C=O) groups is 1. The van der Waals surface area contributed by atoms with Gasteiger partial charge in [-0.3, -0.25) is 4.79 Å². The Morgan fingerprint density at radius 2 is 1.82 bits per heavy atom. The minimum atomic E-state index is 0.0232. The zero-order chi connectivity index (χ0) is 28.2. The van der Waals surface area contributed by atoms with E-state index in [9.17, 15) is 4.79 Å². The minimum absolute atomic E-state index is 0.0232. The number of ketones is 1. The van der Waals surface area contributed by atoms with Crippen molar-refractivity contribution in [2.75, 3.05) is 57.9 Å². The smallest absolute Gasteiger partial charge is 0.162 e. The predicted octanol–water partition coefficient (Wildman–Crippen LogP) is 5.93. The molecule has 0 saturated carbocycles. The van der Waals surface area contributed by atoms with Crippen LogP contribution in [0.5, 0.6) is 5.75 Å². The number of benzene rings is 2. The Hall–Kier alpha value is -3.62. The number of nitrogens with zero attached hydrogens (tertiary/aromatic N) is 3. The number of rotatable bonds is 7. The molecule has 0 spiro atoms. The number of piperazine rings is 1. The topological polar surface area (TPSA) is 86.5 Å². The molecule has 4 aromatic rings. The average Bonchev–Trinajstić information content (AvgIpc) is 3.72. The van der Waals surface area contributed by atoms with Crippen LogP contribution in [0.2, 0.25) is 0 Å². The van der Waals surface area contributed by atoms with Gasteiger partial charge in [-0.15, -0.1) is 0 Å². The van der Waals surface area contributed by atoms with E-state index >= 15 is 0 Å². The molecule has 0 bridgehead atoms. The van der Waals surface area contributed by atoms with Crippen LogP contribution < -0.4 is 9.64 Å². The normalized spacial score (nSPS) is 17.6. The molecule has 8 heteroatoms. The Kier molecular flexibility index (Phi) is 8.57. The van der Waals surface area contributed by atoms with Gasteiger partial charge >= 0.3 is 0 Å². The van der Waals surface area contributed by atoms with Gasteiger partial charge in [0, 0.05) is 61.2 Å². The third kappa shape index (κ3) is 5.78. The number of hydrogen-bond donors (Lipinski definition) is 2. The molecule has 2 saturated heterocycles. The summed E-state index contributed by atoms with van der Waals surface area (Å²) >= 11 is 0. The summed E-state index contributed by atoms with van der Waals surface area (Å²) in [7, 11) is 2.17. The molecule has 2 aliphatic heterocycles. The molecule has 8 nitrogen and oxygen atoms in total. The largest absolute Gasteiger partial charge is 0.493 e. The van der Waals surface area contributed by atoms with Crippen LogP contribution in [0.1, 0.15) is 43.2 Å². The summed E-state index contributed by atoms with van der Waals surface area (Å²) in [4.78, 5) is 29.4. The van der Waals surface area contributed by atoms with Crippen LogP contribution in [0.15, 0.2) is 42.5 Å². The monoisotopic (exact) mass is 543 g/mol. The molecule has 40 heavy (non-hydrogen) atoms. The van der Waals surface area contributed by atoms with E-state index in [4.69, 9.17) is 14.5 Å². The van der Waals surface area contributed by atoms with E-state index in [0.717, 1.165) is 90.9 Å². The first-order valence-electron chi connectivity index (χ1n) is 14.4. The lowest BCUT2D eigenvalue weighted by Gasteiger charge is -2.34. The van der Waals surface area contributed by atoms with Crippen molar-refractivity contribution in [1.82, 2.24) is 19.9 Å². The van der Waals surface area contributed by atoms with E-state index in [2.05, 4.69) is 45.0 Å². The van der Waals surface area contributed by atoms with Crippen LogP contribution in [0.3, 0.4) is 0 Å². The maximum absolute atomic E-state index is 12.7. The number of aromatic amines is 2. The molecule has 0 aliphatic carbocycles. The highest BCUT2D eigenvalue weighted by Gasteiger charge is 2.24. The summed E-state index contributed by atoms with van der Waals surface area (Å²) in [5, 5.41) is 0. The number of imidazole rings is 1. The second-order valence-corrected chi connectivity index (χ2v) is 10.6. The number of ether oxygens (including phenoxy) is 2. The highest BCUT2D eigenvalue weighted by molar-refractivity contribution is 6.05. The number of carbonyl (C=O) groups excluding carboxylic acids is 1. The molecule has 1 atom stereocenters. The first-order chi connectivity index (χ1) is 19.5. The van der Waals surface area contributed by atoms with Crippen molar-refractivity contribution in [2.24, 2.45) is 5.92 Å². The maximum Gasteiger partial charge on any atom is 0.162 e. The average molecular weight is 544 g/mol. The van der Waals surface area contributed by atoms with Crippen LogP contribution >= 0.6 is 0 Å². The predicted molar refractivity (Wildman–Crippen MR) is 162 cm³/mol. The van der Waals surface area contributed by atoms with E-state index in [-0.39, 0.29) is 5.78 Å². The number of hydrogen-bond acceptors (Lipinski definition) is 6. The number of aromatic nitrogens is 3. The summed E-state index contributed by atoms with van der Waals surface area (Å²) in [6, 6.07) is 14.4. The second kappa shape index (κ2) is 12.3. The van der Waals surface area contributed by atoms with Gasteiger partial charge in [0.05, 0.1) is 29.9 Å². The van der Waals surface area contributed by atoms with Gasteiger partial charge in [0.15, 0.2) is 11.6 Å². The van der Waals surface area contributed by atoms with Crippen LogP contribution in [-0.4, -0.2) is 78.7 Å². The fourth-order valence-electron chi connectivity index (χ4n) is 5.56. The van der Waals surface area contributed by atoms with E-state index in [1.807, 2.05) is 45.0 Å². The molecule has 2 aromatic carbocycles. The van der Waals surface area contributed by atoms with Crippen molar-refractivity contribution < 1.29 is 14.3 Å². The Morgan fingerprint density at radius 1 is 1.07 bits per heavy atom. The maximum atomic E-state index is 12.7. The fraction of sp³-hybridized carbons (Fsp3) is 0.438. The van der Waals surface area contributed by atoms with Crippen molar-refractivity contribution in [3.8, 4) is 28.4 Å². The third-order valence-electron chi connectivity index (χ3n) is 7.76. The quantitative estimate of drug-likeness (QED) is 0.281. The third-order valence-corrected chi connectivity index (χ3v) is 7.76. The Bertz CT molecular complexity index is 1440. The first-order valence-corrected chi connectivity index (χ1v) is 14.4. The van der Waals surface area contributed by atoms with Gasteiger partial charge < -0.3 is 29.2 Å². The van der Waals surface area contributed by atoms with Gasteiger partial charge in [0.1, 0.15) is 5.75 Å². The number of nitrogens with one attached hydrogen (secondary N) is 2. The number of fused-ring (bicyclic) bond motifs is 1. The fourth-order valence-corrected chi connectivity index (χ4v) is 5.56. The van der Waals surface area contributed by atoms with Crippen LogP contribution in [0.4, 0.5) is 5.69 Å². The second-order valence-electron chi connectivity index (χ2n) is 10.6. The lowest BCUT2D eigenvalue weighted by molar-refractivity contribution is 0.101. The van der Waals surface area contributed by atoms with Gasteiger partial charge in [-0.2, -0.15) is 0 Å². The van der Waals surface area contributed by atoms with E-state index in [1.54, 1.807) is 6.92 Å². The van der Waals surface area contributed by atoms with Crippen molar-refractivity contribution in [3.05, 3.63) is 53.7 Å². The van der Waals surface area contributed by atoms with Crippen LogP contribution in [-0.2, 0) is 4.74 Å². The lowest BCUT2D eigenvalue weighted by atomic mass is 9.97. The first kappa shape index (κ1) is 27.9. The van der Waals surface area contributed by atoms with Gasteiger partial charge in [0.25, 0.3) is 0 Å². The van der Waals surface area contributed by atoms with Gasteiger partial charge in [-0.05, 0) is 63.2 Å². The van der Waals surface area contributed by atoms with Crippen molar-refractivity contribution >= 4 is 22.5 Å². The number of anilines is 1. The Morgan fingerprint density at radius 3 is 2.50 bits per heavy atom. The molecule has 2 fully saturated rings. The van der Waals surface area contributed by atoms with Crippen molar-refractivity contribution in [2.45, 2.75) is 34.1 Å². The molecule has 212 valence electrons. The molecule has 4 heterocycles. The Balaban J connectivity index is 0.00000158. The van der Waals surface area contributed by atoms with Gasteiger partial charge in [-0.25, -0.2) is 4.98 Å². The standard InChI is InChI=1S/C30H35N5O3.C2H6/c1-19-27(20(2)36)28(22-4-7-24(8-5-22)38-18-21-10-15-37-17-21)29(31-19)30-32-25-9-6-23(16-26(25)33-30)35-13-11-34(3)12-14-35;1-2/h4-9,16,21,31H,10-15,17-18H2,1-3H3,(H,32,33);1-2H3. The Labute approximate surface area is 236 Å². The molecule has 2 aliphatic rings. The van der Waals surface area contributed by atoms with Crippen molar-refractivity contribution in [1.29, 1.82) is 0 Å². The van der Waals surface area contributed by atoms with E-state index in [1.165, 1.54) is 5.69 Å². The lowest BCUT2D eigenvalue weighted by Crippen LogP contribution is -2.44. The summed E-state index contributed by atoms with van der Waals surface area (Å²) < 4.78 is 11.5. The SMILES string of the molecule is CC.CC(=O)c1c(C)[nH]c(-c2nc3ccc(N4CCN(C)CC4)cc3[nH]2)c1-c1ccc(OCC2CCOC2)cc1. The minimum Gasteiger partial charge on any atom is -0.493 e. The number of Topliss-reactive ketones (excluding diaryl/α,β-unsaturated/α-hetero) is 1. The van der Waals surface area contributed by atoms with Crippen molar-refractivity contribution in [3.63, 3.8) is 0 Å². The van der Waals surface area contributed by atoms with E-state index < -0.39 is 0 Å².